The van der Waals surface area contributed by atoms with E-state index in [1.165, 1.54) is 6.07 Å². The number of carbonyl (C=O) groups excluding carboxylic acids is 1. The molecule has 1 aromatic carbocycles. The predicted octanol–water partition coefficient (Wildman–Crippen LogP) is 2.25. The van der Waals surface area contributed by atoms with Crippen molar-refractivity contribution in [3.8, 4) is 11.5 Å². The van der Waals surface area contributed by atoms with E-state index in [9.17, 15) is 18.0 Å². The van der Waals surface area contributed by atoms with Gasteiger partial charge in [0, 0.05) is 5.56 Å². The van der Waals surface area contributed by atoms with Gasteiger partial charge < -0.3 is 9.47 Å². The molecule has 0 atom stereocenters. The van der Waals surface area contributed by atoms with Crippen LogP contribution in [0.25, 0.3) is 0 Å². The smallest absolute Gasteiger partial charge is 0.420 e. The van der Waals surface area contributed by atoms with E-state index in [0.717, 1.165) is 6.07 Å². The lowest BCUT2D eigenvalue weighted by Crippen LogP contribution is -2.10. The fraction of sp³-hybridized carbons (Fsp3) is 0.222. The van der Waals surface area contributed by atoms with Crippen molar-refractivity contribution in [2.45, 2.75) is 6.18 Å². The SMILES string of the molecule is O=Cc1ccc2c(c1C(F)(F)F)OCO2. The highest BCUT2D eigenvalue weighted by Gasteiger charge is 2.40. The van der Waals surface area contributed by atoms with E-state index in [4.69, 9.17) is 9.47 Å². The molecule has 1 aromatic rings. The molecule has 1 aliphatic rings. The van der Waals surface area contributed by atoms with Gasteiger partial charge in [0.15, 0.2) is 17.8 Å². The first-order valence-corrected chi connectivity index (χ1v) is 3.99. The first-order chi connectivity index (χ1) is 7.04. The third-order valence-electron chi connectivity index (χ3n) is 1.98. The molecule has 2 rings (SSSR count). The molecule has 80 valence electrons. The van der Waals surface area contributed by atoms with Crippen LogP contribution in [0.1, 0.15) is 15.9 Å². The van der Waals surface area contributed by atoms with Crippen LogP contribution in [0.2, 0.25) is 0 Å². The van der Waals surface area contributed by atoms with Gasteiger partial charge in [0.25, 0.3) is 0 Å². The second-order valence-electron chi connectivity index (χ2n) is 2.88. The molecule has 0 N–H and O–H groups in total. The van der Waals surface area contributed by atoms with Crippen molar-refractivity contribution < 1.29 is 27.4 Å². The zero-order chi connectivity index (χ0) is 11.1. The molecule has 0 aliphatic carbocycles. The molecule has 0 saturated carbocycles. The normalized spacial score (nSPS) is 14.1. The molecule has 1 heterocycles. The molecule has 0 amide bonds. The molecule has 0 radical (unpaired) electrons. The van der Waals surface area contributed by atoms with Crippen molar-refractivity contribution in [3.05, 3.63) is 23.3 Å². The summed E-state index contributed by atoms with van der Waals surface area (Å²) in [4.78, 5) is 10.5. The van der Waals surface area contributed by atoms with Gasteiger partial charge in [-0.05, 0) is 12.1 Å². The highest BCUT2D eigenvalue weighted by Crippen LogP contribution is 2.45. The first kappa shape index (κ1) is 9.82. The van der Waals surface area contributed by atoms with Crippen LogP contribution in [0.15, 0.2) is 12.1 Å². The Hall–Kier alpha value is -1.72. The number of carbonyl (C=O) groups is 1. The van der Waals surface area contributed by atoms with Crippen molar-refractivity contribution in [1.82, 2.24) is 0 Å². The van der Waals surface area contributed by atoms with Gasteiger partial charge in [0.1, 0.15) is 5.56 Å². The molecule has 0 spiro atoms. The van der Waals surface area contributed by atoms with Gasteiger partial charge in [-0.15, -0.1) is 0 Å². The average Bonchev–Trinajstić information content (AvgIpc) is 2.61. The second-order valence-corrected chi connectivity index (χ2v) is 2.88. The number of fused-ring (bicyclic) bond motifs is 1. The Labute approximate surface area is 82.4 Å². The van der Waals surface area contributed by atoms with E-state index in [1.54, 1.807) is 0 Å². The van der Waals surface area contributed by atoms with Gasteiger partial charge in [0.05, 0.1) is 0 Å². The van der Waals surface area contributed by atoms with E-state index in [-0.39, 0.29) is 18.8 Å². The third-order valence-corrected chi connectivity index (χ3v) is 1.98. The fourth-order valence-corrected chi connectivity index (χ4v) is 1.38. The van der Waals surface area contributed by atoms with Gasteiger partial charge in [-0.1, -0.05) is 0 Å². The topological polar surface area (TPSA) is 35.5 Å². The Bertz CT molecular complexity index is 412. The zero-order valence-electron chi connectivity index (χ0n) is 7.30. The lowest BCUT2D eigenvalue weighted by atomic mass is 10.1. The Morgan fingerprint density at radius 1 is 1.27 bits per heavy atom. The molecular formula is C9H5F3O3. The Kier molecular flexibility index (Phi) is 2.06. The van der Waals surface area contributed by atoms with Crippen molar-refractivity contribution in [2.75, 3.05) is 6.79 Å². The summed E-state index contributed by atoms with van der Waals surface area (Å²) in [6.07, 6.45) is -4.49. The molecule has 6 heteroatoms. The number of alkyl halides is 3. The lowest BCUT2D eigenvalue weighted by Gasteiger charge is -2.11. The van der Waals surface area contributed by atoms with Crippen LogP contribution in [0.4, 0.5) is 13.2 Å². The van der Waals surface area contributed by atoms with Crippen molar-refractivity contribution in [2.24, 2.45) is 0 Å². The number of hydrogen-bond acceptors (Lipinski definition) is 3. The van der Waals surface area contributed by atoms with Gasteiger partial charge >= 0.3 is 6.18 Å². The van der Waals surface area contributed by atoms with Gasteiger partial charge in [-0.2, -0.15) is 13.2 Å². The summed E-state index contributed by atoms with van der Waals surface area (Å²) in [6, 6.07) is 2.34. The van der Waals surface area contributed by atoms with Crippen molar-refractivity contribution >= 4 is 6.29 Å². The van der Waals surface area contributed by atoms with Crippen LogP contribution >= 0.6 is 0 Å². The quantitative estimate of drug-likeness (QED) is 0.678. The number of hydrogen-bond donors (Lipinski definition) is 0. The number of benzene rings is 1. The Morgan fingerprint density at radius 3 is 2.60 bits per heavy atom. The fourth-order valence-electron chi connectivity index (χ4n) is 1.38. The number of aldehydes is 1. The Balaban J connectivity index is 2.68. The maximum atomic E-state index is 12.6. The monoisotopic (exact) mass is 218 g/mol. The van der Waals surface area contributed by atoms with E-state index in [2.05, 4.69) is 0 Å². The van der Waals surface area contributed by atoms with E-state index in [1.807, 2.05) is 0 Å². The summed E-state index contributed by atoms with van der Waals surface area (Å²) < 4.78 is 47.3. The van der Waals surface area contributed by atoms with Crippen molar-refractivity contribution in [3.63, 3.8) is 0 Å². The lowest BCUT2D eigenvalue weighted by molar-refractivity contribution is -0.139. The summed E-state index contributed by atoms with van der Waals surface area (Å²) in [5.41, 5.74) is -1.53. The van der Waals surface area contributed by atoms with Crippen LogP contribution in [-0.2, 0) is 6.18 Å². The van der Waals surface area contributed by atoms with E-state index in [0.29, 0.717) is 0 Å². The second kappa shape index (κ2) is 3.15. The van der Waals surface area contributed by atoms with Gasteiger partial charge in [-0.25, -0.2) is 0 Å². The van der Waals surface area contributed by atoms with Crippen LogP contribution in [-0.4, -0.2) is 13.1 Å². The summed E-state index contributed by atoms with van der Waals surface area (Å²) in [7, 11) is 0. The first-order valence-electron chi connectivity index (χ1n) is 3.99. The van der Waals surface area contributed by atoms with Crippen LogP contribution in [0.3, 0.4) is 0 Å². The van der Waals surface area contributed by atoms with Crippen LogP contribution in [0, 0.1) is 0 Å². The summed E-state index contributed by atoms with van der Waals surface area (Å²) in [6.45, 7) is -0.263. The highest BCUT2D eigenvalue weighted by atomic mass is 19.4. The van der Waals surface area contributed by atoms with Crippen LogP contribution in [0.5, 0.6) is 11.5 Å². The standard InChI is InChI=1S/C9H5F3O3/c10-9(11,12)7-5(3-13)1-2-6-8(7)15-4-14-6/h1-3H,4H2. The molecule has 0 unspecified atom stereocenters. The maximum Gasteiger partial charge on any atom is 0.420 e. The molecule has 0 bridgehead atoms. The molecular weight excluding hydrogens is 213 g/mol. The van der Waals surface area contributed by atoms with Crippen LogP contribution < -0.4 is 9.47 Å². The predicted molar refractivity (Wildman–Crippen MR) is 43.0 cm³/mol. The number of rotatable bonds is 1. The van der Waals surface area contributed by atoms with Crippen molar-refractivity contribution in [1.29, 1.82) is 0 Å². The third kappa shape index (κ3) is 1.51. The maximum absolute atomic E-state index is 12.6. The average molecular weight is 218 g/mol. The Morgan fingerprint density at radius 2 is 2.00 bits per heavy atom. The summed E-state index contributed by atoms with van der Waals surface area (Å²) in [5.74, 6) is -0.403. The van der Waals surface area contributed by atoms with E-state index < -0.39 is 23.1 Å². The highest BCUT2D eigenvalue weighted by molar-refractivity contribution is 5.80. The number of halogens is 3. The minimum absolute atomic E-state index is 0.00734. The van der Waals surface area contributed by atoms with Gasteiger partial charge in [0.2, 0.25) is 6.79 Å². The zero-order valence-corrected chi connectivity index (χ0v) is 7.30. The van der Waals surface area contributed by atoms with E-state index >= 15 is 0 Å². The minimum Gasteiger partial charge on any atom is -0.454 e. The minimum atomic E-state index is -4.63. The molecule has 15 heavy (non-hydrogen) atoms. The largest absolute Gasteiger partial charge is 0.454 e. The molecule has 0 aromatic heterocycles. The summed E-state index contributed by atoms with van der Waals surface area (Å²) in [5, 5.41) is 0. The molecule has 3 nitrogen and oxygen atoms in total. The molecule has 0 saturated heterocycles. The van der Waals surface area contributed by atoms with Gasteiger partial charge in [-0.3, -0.25) is 4.79 Å². The summed E-state index contributed by atoms with van der Waals surface area (Å²) >= 11 is 0. The molecule has 0 fully saturated rings. The number of ether oxygens (including phenoxy) is 2. The molecule has 1 aliphatic heterocycles.